The highest BCUT2D eigenvalue weighted by Crippen LogP contribution is 2.11. The fourth-order valence-electron chi connectivity index (χ4n) is 2.21. The summed E-state index contributed by atoms with van der Waals surface area (Å²) in [5.74, 6) is 4.80. The number of unbranched alkanes of at least 4 members (excludes halogenated alkanes) is 1. The molecule has 0 atom stereocenters. The largest absolute Gasteiger partial charge is 0.378 e. The van der Waals surface area contributed by atoms with Crippen LogP contribution in [0.3, 0.4) is 0 Å². The summed E-state index contributed by atoms with van der Waals surface area (Å²) in [5.41, 5.74) is 2.79. The van der Waals surface area contributed by atoms with Crippen LogP contribution in [0.1, 0.15) is 19.3 Å². The number of ether oxygens (including phenoxy) is 1. The number of morpholine rings is 1. The molecule has 116 valence electrons. The third-order valence-electron chi connectivity index (χ3n) is 3.42. The van der Waals surface area contributed by atoms with Gasteiger partial charge in [-0.2, -0.15) is 5.10 Å². The van der Waals surface area contributed by atoms with Gasteiger partial charge in [0.1, 0.15) is 0 Å². The molecule has 0 aromatic carbocycles. The van der Waals surface area contributed by atoms with Crippen molar-refractivity contribution in [2.24, 2.45) is 5.84 Å². The first-order chi connectivity index (χ1) is 10.2. The van der Waals surface area contributed by atoms with Gasteiger partial charge in [0.05, 0.1) is 25.1 Å². The molecule has 1 aromatic rings. The summed E-state index contributed by atoms with van der Waals surface area (Å²) in [6.07, 6.45) is 3.44. The maximum Gasteiger partial charge on any atom is 0.268 e. The third-order valence-corrected chi connectivity index (χ3v) is 3.42. The minimum atomic E-state index is -0.196. The van der Waals surface area contributed by atoms with Gasteiger partial charge in [-0.05, 0) is 12.8 Å². The average Bonchev–Trinajstić information content (AvgIpc) is 2.53. The van der Waals surface area contributed by atoms with Gasteiger partial charge < -0.3 is 9.64 Å². The van der Waals surface area contributed by atoms with Crippen molar-refractivity contribution in [3.05, 3.63) is 22.6 Å². The predicted molar refractivity (Wildman–Crippen MR) is 77.7 cm³/mol. The van der Waals surface area contributed by atoms with Gasteiger partial charge in [-0.25, -0.2) is 10.5 Å². The Kier molecular flexibility index (Phi) is 5.70. The molecule has 1 fully saturated rings. The van der Waals surface area contributed by atoms with Gasteiger partial charge in [0.15, 0.2) is 0 Å². The Morgan fingerprint density at radius 2 is 2.14 bits per heavy atom. The van der Waals surface area contributed by atoms with E-state index in [4.69, 9.17) is 10.6 Å². The highest BCUT2D eigenvalue weighted by atomic mass is 16.5. The van der Waals surface area contributed by atoms with E-state index < -0.39 is 0 Å². The molecule has 8 nitrogen and oxygen atoms in total. The lowest BCUT2D eigenvalue weighted by molar-refractivity contribution is -0.121. The molecular formula is C13H21N5O3. The standard InChI is InChI=1S/C13H21N5O3/c14-16-12(19)3-1-2-4-18-13(20)9-11(10-15-18)17-5-7-21-8-6-17/h9-10H,1-8,14H2,(H,16,19). The first-order valence-corrected chi connectivity index (χ1v) is 7.10. The van der Waals surface area contributed by atoms with E-state index in [9.17, 15) is 9.59 Å². The summed E-state index contributed by atoms with van der Waals surface area (Å²) in [5, 5.41) is 4.19. The van der Waals surface area contributed by atoms with Gasteiger partial charge in [0.25, 0.3) is 5.56 Å². The summed E-state index contributed by atoms with van der Waals surface area (Å²) >= 11 is 0. The van der Waals surface area contributed by atoms with Crippen LogP contribution in [0.4, 0.5) is 5.69 Å². The number of carbonyl (C=O) groups excluding carboxylic acids is 1. The predicted octanol–water partition coefficient (Wildman–Crippen LogP) is -0.760. The number of hydrogen-bond donors (Lipinski definition) is 2. The number of hydrogen-bond acceptors (Lipinski definition) is 6. The quantitative estimate of drug-likeness (QED) is 0.309. The Bertz CT molecular complexity index is 525. The molecule has 1 saturated heterocycles. The van der Waals surface area contributed by atoms with E-state index in [1.54, 1.807) is 12.3 Å². The van der Waals surface area contributed by atoms with Crippen molar-refractivity contribution in [3.8, 4) is 0 Å². The fourth-order valence-corrected chi connectivity index (χ4v) is 2.21. The Balaban J connectivity index is 1.87. The molecule has 2 rings (SSSR count). The topological polar surface area (TPSA) is 102 Å². The van der Waals surface area contributed by atoms with Crippen molar-refractivity contribution < 1.29 is 9.53 Å². The van der Waals surface area contributed by atoms with Crippen LogP contribution in [0.2, 0.25) is 0 Å². The zero-order valence-electron chi connectivity index (χ0n) is 12.0. The summed E-state index contributed by atoms with van der Waals surface area (Å²) in [4.78, 5) is 25.1. The zero-order chi connectivity index (χ0) is 15.1. The van der Waals surface area contributed by atoms with Crippen molar-refractivity contribution in [1.29, 1.82) is 0 Å². The number of nitrogens with zero attached hydrogens (tertiary/aromatic N) is 3. The van der Waals surface area contributed by atoms with Gasteiger partial charge in [0, 0.05) is 32.1 Å². The van der Waals surface area contributed by atoms with Crippen molar-refractivity contribution >= 4 is 11.6 Å². The maximum atomic E-state index is 12.0. The second-order valence-electron chi connectivity index (χ2n) is 4.90. The van der Waals surface area contributed by atoms with Gasteiger partial charge in [-0.15, -0.1) is 0 Å². The minimum Gasteiger partial charge on any atom is -0.378 e. The molecule has 1 aromatic heterocycles. The molecular weight excluding hydrogens is 274 g/mol. The highest BCUT2D eigenvalue weighted by Gasteiger charge is 2.12. The SMILES string of the molecule is NNC(=O)CCCCn1ncc(N2CCOCC2)cc1=O. The van der Waals surface area contributed by atoms with Crippen LogP contribution in [0, 0.1) is 0 Å². The number of hydrazine groups is 1. The number of carbonyl (C=O) groups is 1. The lowest BCUT2D eigenvalue weighted by Crippen LogP contribution is -2.37. The zero-order valence-corrected chi connectivity index (χ0v) is 12.0. The molecule has 8 heteroatoms. The molecule has 21 heavy (non-hydrogen) atoms. The molecule has 0 bridgehead atoms. The number of nitrogens with two attached hydrogens (primary N) is 1. The highest BCUT2D eigenvalue weighted by molar-refractivity contribution is 5.75. The minimum absolute atomic E-state index is 0.123. The van der Waals surface area contributed by atoms with Crippen molar-refractivity contribution in [2.75, 3.05) is 31.2 Å². The van der Waals surface area contributed by atoms with Crippen LogP contribution in [0.25, 0.3) is 0 Å². The van der Waals surface area contributed by atoms with E-state index >= 15 is 0 Å². The second kappa shape index (κ2) is 7.75. The van der Waals surface area contributed by atoms with Crippen LogP contribution >= 0.6 is 0 Å². The summed E-state index contributed by atoms with van der Waals surface area (Å²) in [7, 11) is 0. The Morgan fingerprint density at radius 3 is 2.81 bits per heavy atom. The molecule has 1 aliphatic rings. The molecule has 1 aliphatic heterocycles. The normalized spacial score (nSPS) is 15.0. The smallest absolute Gasteiger partial charge is 0.268 e. The molecule has 0 aliphatic carbocycles. The van der Waals surface area contributed by atoms with E-state index in [1.165, 1.54) is 4.68 Å². The average molecular weight is 295 g/mol. The summed E-state index contributed by atoms with van der Waals surface area (Å²) in [6.45, 7) is 3.40. The van der Waals surface area contributed by atoms with Gasteiger partial charge in [0.2, 0.25) is 5.91 Å². The Hall–Kier alpha value is -1.93. The van der Waals surface area contributed by atoms with Crippen LogP contribution in [0.15, 0.2) is 17.1 Å². The third kappa shape index (κ3) is 4.54. The number of aryl methyl sites for hydroxylation is 1. The lowest BCUT2D eigenvalue weighted by atomic mass is 10.2. The Labute approximate surface area is 122 Å². The number of aromatic nitrogens is 2. The first kappa shape index (κ1) is 15.5. The van der Waals surface area contributed by atoms with Crippen LogP contribution in [-0.2, 0) is 16.1 Å². The van der Waals surface area contributed by atoms with E-state index in [2.05, 4.69) is 15.4 Å². The van der Waals surface area contributed by atoms with Gasteiger partial charge in [-0.1, -0.05) is 0 Å². The molecule has 1 amide bonds. The number of anilines is 1. The van der Waals surface area contributed by atoms with Crippen molar-refractivity contribution in [1.82, 2.24) is 15.2 Å². The summed E-state index contributed by atoms with van der Waals surface area (Å²) < 4.78 is 6.70. The maximum absolute atomic E-state index is 12.0. The van der Waals surface area contributed by atoms with Crippen molar-refractivity contribution in [3.63, 3.8) is 0 Å². The van der Waals surface area contributed by atoms with Crippen LogP contribution < -0.4 is 21.7 Å². The van der Waals surface area contributed by atoms with E-state index in [0.29, 0.717) is 39.0 Å². The van der Waals surface area contributed by atoms with E-state index in [0.717, 1.165) is 18.8 Å². The van der Waals surface area contributed by atoms with Gasteiger partial charge >= 0.3 is 0 Å². The molecule has 2 heterocycles. The first-order valence-electron chi connectivity index (χ1n) is 7.10. The van der Waals surface area contributed by atoms with Gasteiger partial charge in [-0.3, -0.25) is 15.0 Å². The molecule has 0 unspecified atom stereocenters. The number of rotatable bonds is 6. The van der Waals surface area contributed by atoms with E-state index in [1.807, 2.05) is 0 Å². The monoisotopic (exact) mass is 295 g/mol. The summed E-state index contributed by atoms with van der Waals surface area (Å²) in [6, 6.07) is 1.60. The van der Waals surface area contributed by atoms with Crippen LogP contribution in [0.5, 0.6) is 0 Å². The number of nitrogens with one attached hydrogen (secondary N) is 1. The molecule has 3 N–H and O–H groups in total. The van der Waals surface area contributed by atoms with Crippen LogP contribution in [-0.4, -0.2) is 42.0 Å². The van der Waals surface area contributed by atoms with Crippen molar-refractivity contribution in [2.45, 2.75) is 25.8 Å². The Morgan fingerprint density at radius 1 is 1.38 bits per heavy atom. The fraction of sp³-hybridized carbons (Fsp3) is 0.615. The molecule has 0 saturated carbocycles. The lowest BCUT2D eigenvalue weighted by Gasteiger charge is -2.28. The molecule has 0 radical (unpaired) electrons. The van der Waals surface area contributed by atoms with E-state index in [-0.39, 0.29) is 11.5 Å². The molecule has 0 spiro atoms. The second-order valence-corrected chi connectivity index (χ2v) is 4.90. The number of amides is 1.